The fourth-order valence-electron chi connectivity index (χ4n) is 4.81. The van der Waals surface area contributed by atoms with Crippen LogP contribution in [0.15, 0.2) is 0 Å². The van der Waals surface area contributed by atoms with Crippen LogP contribution in [-0.2, 0) is 23.7 Å². The first kappa shape index (κ1) is 39.3. The molecule has 0 saturated carbocycles. The smallest absolute Gasteiger partial charge is 0.172 e. The molecule has 0 aliphatic carbocycles. The predicted octanol–water partition coefficient (Wildman–Crippen LogP) is 8.45. The maximum Gasteiger partial charge on any atom is 0.172 e. The van der Waals surface area contributed by atoms with E-state index in [0.29, 0.717) is 35.5 Å². The van der Waals surface area contributed by atoms with Crippen molar-refractivity contribution < 1.29 is 23.7 Å². The molecular formula is C30H66O5. The topological polar surface area (TPSA) is 46.2 Å². The molecule has 2 saturated heterocycles. The highest BCUT2D eigenvalue weighted by Gasteiger charge is 2.43. The fraction of sp³-hybridized carbons (Fsp3) is 1.00. The van der Waals surface area contributed by atoms with Crippen LogP contribution < -0.4 is 0 Å². The number of rotatable bonds is 7. The Morgan fingerprint density at radius 3 is 0.943 bits per heavy atom. The molecule has 35 heavy (non-hydrogen) atoms. The van der Waals surface area contributed by atoms with E-state index in [9.17, 15) is 0 Å². The second kappa shape index (κ2) is 17.3. The minimum absolute atomic E-state index is 0. The van der Waals surface area contributed by atoms with Crippen LogP contribution in [0.25, 0.3) is 0 Å². The molecule has 0 radical (unpaired) electrons. The maximum absolute atomic E-state index is 5.77. The molecule has 0 aromatic rings. The molecule has 0 atom stereocenters. The Morgan fingerprint density at radius 2 is 0.800 bits per heavy atom. The fourth-order valence-corrected chi connectivity index (χ4v) is 4.81. The Balaban J connectivity index is -0.000000429. The summed E-state index contributed by atoms with van der Waals surface area (Å²) in [6.07, 6.45) is 1.03. The van der Waals surface area contributed by atoms with E-state index in [1.54, 1.807) is 7.11 Å². The van der Waals surface area contributed by atoms with E-state index in [0.717, 1.165) is 32.8 Å². The van der Waals surface area contributed by atoms with Gasteiger partial charge in [0.05, 0.1) is 32.0 Å². The summed E-state index contributed by atoms with van der Waals surface area (Å²) in [5.74, 6) is 2.26. The van der Waals surface area contributed by atoms with Gasteiger partial charge in [-0.25, -0.2) is 0 Å². The monoisotopic (exact) mass is 506 g/mol. The normalized spacial score (nSPS) is 19.2. The molecule has 2 rings (SSSR count). The van der Waals surface area contributed by atoms with Gasteiger partial charge in [-0.2, -0.15) is 0 Å². The Kier molecular flexibility index (Phi) is 19.5. The lowest BCUT2D eigenvalue weighted by molar-refractivity contribution is -0.310. The summed E-state index contributed by atoms with van der Waals surface area (Å²) in [5, 5.41) is 0. The van der Waals surface area contributed by atoms with E-state index >= 15 is 0 Å². The first-order chi connectivity index (χ1) is 15.1. The molecule has 0 aromatic carbocycles. The average molecular weight is 507 g/mol. The number of hydrogen-bond acceptors (Lipinski definition) is 5. The van der Waals surface area contributed by atoms with E-state index in [4.69, 9.17) is 23.7 Å². The Bertz CT molecular complexity index is 471. The Labute approximate surface area is 221 Å². The van der Waals surface area contributed by atoms with E-state index in [2.05, 4.69) is 90.0 Å². The van der Waals surface area contributed by atoms with Gasteiger partial charge in [-0.15, -0.1) is 0 Å². The second-order valence-electron chi connectivity index (χ2n) is 11.5. The zero-order valence-electron chi connectivity index (χ0n) is 24.5. The highest BCUT2D eigenvalue weighted by molar-refractivity contribution is 4.82. The van der Waals surface area contributed by atoms with Gasteiger partial charge in [-0.1, -0.05) is 97.9 Å². The molecule has 5 heteroatoms. The zero-order valence-corrected chi connectivity index (χ0v) is 24.5. The van der Waals surface area contributed by atoms with Crippen molar-refractivity contribution in [3.63, 3.8) is 0 Å². The minimum atomic E-state index is -0.321. The molecule has 0 aromatic heterocycles. The van der Waals surface area contributed by atoms with Crippen molar-refractivity contribution in [2.75, 3.05) is 33.5 Å². The van der Waals surface area contributed by atoms with Gasteiger partial charge in [-0.05, 0) is 25.2 Å². The van der Waals surface area contributed by atoms with Crippen LogP contribution in [-0.4, -0.2) is 50.7 Å². The minimum Gasteiger partial charge on any atom is -0.378 e. The zero-order chi connectivity index (χ0) is 26.0. The van der Waals surface area contributed by atoms with Gasteiger partial charge in [0.15, 0.2) is 11.6 Å². The lowest BCUT2D eigenvalue weighted by atomic mass is 9.82. The standard InChI is InChI=1S/C10H20O2.C9H18O2.C9H20O.2CH4/c1-8(2)10(9(3)4)11-6-5-7-12-10;1-7(2)9(8(3)4)10-5-6-11-9;1-7(2)9(5,10-6)8(3)4;;/h8-9H,5-7H2,1-4H3;7-8H,5-6H2,1-4H3;7-8H,1-6H3;2*1H4. The third-order valence-electron chi connectivity index (χ3n) is 7.63. The van der Waals surface area contributed by atoms with Crippen molar-refractivity contribution in [3.05, 3.63) is 0 Å². The molecule has 216 valence electrons. The molecule has 2 fully saturated rings. The highest BCUT2D eigenvalue weighted by atomic mass is 16.7. The lowest BCUT2D eigenvalue weighted by Crippen LogP contribution is -2.49. The van der Waals surface area contributed by atoms with Crippen LogP contribution in [0.1, 0.15) is 111 Å². The third kappa shape index (κ3) is 10.2. The van der Waals surface area contributed by atoms with Crippen LogP contribution in [0.5, 0.6) is 0 Å². The summed E-state index contributed by atoms with van der Waals surface area (Å²) in [7, 11) is 1.79. The highest BCUT2D eigenvalue weighted by Crippen LogP contribution is 2.35. The molecule has 0 unspecified atom stereocenters. The van der Waals surface area contributed by atoms with Crippen LogP contribution in [0, 0.1) is 35.5 Å². The molecule has 0 N–H and O–H groups in total. The van der Waals surface area contributed by atoms with Gasteiger partial charge in [-0.3, -0.25) is 0 Å². The van der Waals surface area contributed by atoms with Crippen LogP contribution in [0.4, 0.5) is 0 Å². The molecular weight excluding hydrogens is 440 g/mol. The average Bonchev–Trinajstić information content (AvgIpc) is 3.25. The Morgan fingerprint density at radius 1 is 0.543 bits per heavy atom. The lowest BCUT2D eigenvalue weighted by Gasteiger charge is -2.43. The van der Waals surface area contributed by atoms with Crippen LogP contribution in [0.3, 0.4) is 0 Å². The van der Waals surface area contributed by atoms with E-state index < -0.39 is 0 Å². The summed E-state index contributed by atoms with van der Waals surface area (Å²) < 4.78 is 28.3. The summed E-state index contributed by atoms with van der Waals surface area (Å²) >= 11 is 0. The van der Waals surface area contributed by atoms with Gasteiger partial charge < -0.3 is 23.7 Å². The number of methoxy groups -OCH3 is 1. The van der Waals surface area contributed by atoms with Crippen LogP contribution >= 0.6 is 0 Å². The van der Waals surface area contributed by atoms with Crippen molar-refractivity contribution >= 4 is 0 Å². The van der Waals surface area contributed by atoms with Crippen molar-refractivity contribution in [3.8, 4) is 0 Å². The van der Waals surface area contributed by atoms with Crippen molar-refractivity contribution in [1.82, 2.24) is 0 Å². The molecule has 0 amide bonds. The Hall–Kier alpha value is -0.200. The maximum atomic E-state index is 5.77. The third-order valence-corrected chi connectivity index (χ3v) is 7.63. The summed E-state index contributed by atoms with van der Waals surface area (Å²) in [4.78, 5) is 0. The molecule has 2 aliphatic rings. The summed E-state index contributed by atoms with van der Waals surface area (Å²) in [5.41, 5.74) is 0.0417. The first-order valence-corrected chi connectivity index (χ1v) is 13.2. The van der Waals surface area contributed by atoms with Gasteiger partial charge in [0.1, 0.15) is 0 Å². The first-order valence-electron chi connectivity index (χ1n) is 13.2. The van der Waals surface area contributed by atoms with Gasteiger partial charge in [0, 0.05) is 30.8 Å². The number of ether oxygens (including phenoxy) is 5. The largest absolute Gasteiger partial charge is 0.378 e. The number of hydrogen-bond donors (Lipinski definition) is 0. The molecule has 0 spiro atoms. The summed E-state index contributed by atoms with van der Waals surface area (Å²) in [6.45, 7) is 31.3. The molecule has 2 aliphatic heterocycles. The quantitative estimate of drug-likeness (QED) is 0.346. The molecule has 2 heterocycles. The van der Waals surface area contributed by atoms with Crippen molar-refractivity contribution in [2.45, 2.75) is 128 Å². The van der Waals surface area contributed by atoms with E-state index in [1.165, 1.54) is 0 Å². The van der Waals surface area contributed by atoms with E-state index in [1.807, 2.05) is 0 Å². The second-order valence-corrected chi connectivity index (χ2v) is 11.5. The SMILES string of the molecule is C.C.CC(C)C1(C(C)C)OCCCO1.CC(C)C1(C(C)C)OCCO1.COC(C)(C(C)C)C(C)C. The molecule has 0 bridgehead atoms. The van der Waals surface area contributed by atoms with Crippen molar-refractivity contribution in [1.29, 1.82) is 0 Å². The predicted molar refractivity (Wildman–Crippen MR) is 152 cm³/mol. The van der Waals surface area contributed by atoms with Crippen molar-refractivity contribution in [2.24, 2.45) is 35.5 Å². The van der Waals surface area contributed by atoms with E-state index in [-0.39, 0.29) is 32.0 Å². The van der Waals surface area contributed by atoms with Gasteiger partial charge >= 0.3 is 0 Å². The van der Waals surface area contributed by atoms with Gasteiger partial charge in [0.2, 0.25) is 0 Å². The van der Waals surface area contributed by atoms with Gasteiger partial charge in [0.25, 0.3) is 0 Å². The van der Waals surface area contributed by atoms with Crippen LogP contribution in [0.2, 0.25) is 0 Å². The summed E-state index contributed by atoms with van der Waals surface area (Å²) in [6, 6.07) is 0. The molecule has 5 nitrogen and oxygen atoms in total.